The highest BCUT2D eigenvalue weighted by Gasteiger charge is 2.12. The van der Waals surface area contributed by atoms with Crippen LogP contribution in [0.15, 0.2) is 22.7 Å². The van der Waals surface area contributed by atoms with E-state index in [4.69, 9.17) is 0 Å². The van der Waals surface area contributed by atoms with Crippen LogP contribution in [0.1, 0.15) is 42.4 Å². The molecule has 0 saturated heterocycles. The third-order valence-corrected chi connectivity index (χ3v) is 4.55. The van der Waals surface area contributed by atoms with Gasteiger partial charge in [-0.1, -0.05) is 28.9 Å². The molecule has 1 heterocycles. The summed E-state index contributed by atoms with van der Waals surface area (Å²) in [5.74, 6) is 0. The van der Waals surface area contributed by atoms with E-state index >= 15 is 0 Å². The summed E-state index contributed by atoms with van der Waals surface area (Å²) in [5, 5.41) is 8.05. The zero-order chi connectivity index (χ0) is 14.9. The summed E-state index contributed by atoms with van der Waals surface area (Å²) in [4.78, 5) is 0. The normalized spacial score (nSPS) is 12.7. The first-order valence-electron chi connectivity index (χ1n) is 7.01. The number of hydrogen-bond acceptors (Lipinski definition) is 2. The number of aromatic nitrogens is 2. The lowest BCUT2D eigenvalue weighted by Crippen LogP contribution is -2.18. The minimum atomic E-state index is 0.339. The molecule has 0 aliphatic rings. The lowest BCUT2D eigenvalue weighted by Gasteiger charge is -2.16. The van der Waals surface area contributed by atoms with E-state index < -0.39 is 0 Å². The number of benzene rings is 1. The van der Waals surface area contributed by atoms with Gasteiger partial charge in [-0.3, -0.25) is 0 Å². The number of aryl methyl sites for hydroxylation is 1. The molecule has 1 atom stereocenters. The van der Waals surface area contributed by atoms with Crippen LogP contribution in [0.5, 0.6) is 0 Å². The Hall–Kier alpha value is -1.13. The van der Waals surface area contributed by atoms with E-state index in [1.807, 2.05) is 4.68 Å². The Kier molecular flexibility index (Phi) is 4.66. The second-order valence-electron chi connectivity index (χ2n) is 5.19. The number of hydrogen-bond donors (Lipinski definition) is 1. The molecule has 3 nitrogen and oxygen atoms in total. The van der Waals surface area contributed by atoms with Gasteiger partial charge in [0.25, 0.3) is 0 Å². The Bertz CT molecular complexity index is 616. The van der Waals surface area contributed by atoms with Gasteiger partial charge in [0.2, 0.25) is 0 Å². The molecule has 4 heteroatoms. The molecule has 108 valence electrons. The third-order valence-electron chi connectivity index (χ3n) is 3.86. The second kappa shape index (κ2) is 6.10. The predicted octanol–water partition coefficient (Wildman–Crippen LogP) is 4.23. The monoisotopic (exact) mass is 335 g/mol. The molecule has 0 aliphatic carbocycles. The minimum absolute atomic E-state index is 0.339. The molecular weight excluding hydrogens is 314 g/mol. The summed E-state index contributed by atoms with van der Waals surface area (Å²) >= 11 is 3.68. The largest absolute Gasteiger partial charge is 0.310 e. The molecular formula is C16H22BrN3. The Balaban J connectivity index is 2.40. The molecule has 1 aromatic heterocycles. The summed E-state index contributed by atoms with van der Waals surface area (Å²) in [6.45, 7) is 11.5. The number of rotatable bonds is 4. The maximum absolute atomic E-state index is 4.61. The highest BCUT2D eigenvalue weighted by Crippen LogP contribution is 2.27. The Morgan fingerprint density at radius 1 is 1.30 bits per heavy atom. The Labute approximate surface area is 129 Å². The Morgan fingerprint density at radius 2 is 2.00 bits per heavy atom. The zero-order valence-corrected chi connectivity index (χ0v) is 14.4. The first-order valence-corrected chi connectivity index (χ1v) is 7.81. The average molecular weight is 336 g/mol. The van der Waals surface area contributed by atoms with Crippen molar-refractivity contribution in [3.63, 3.8) is 0 Å². The van der Waals surface area contributed by atoms with Crippen LogP contribution in [0.25, 0.3) is 5.69 Å². The summed E-state index contributed by atoms with van der Waals surface area (Å²) in [6, 6.07) is 6.78. The van der Waals surface area contributed by atoms with E-state index in [1.54, 1.807) is 0 Å². The number of nitrogens with one attached hydrogen (secondary N) is 1. The fourth-order valence-corrected chi connectivity index (χ4v) is 3.10. The molecule has 2 rings (SSSR count). The predicted molar refractivity (Wildman–Crippen MR) is 87.6 cm³/mol. The quantitative estimate of drug-likeness (QED) is 0.905. The molecule has 0 fully saturated rings. The smallest absolute Gasteiger partial charge is 0.0660 e. The Morgan fingerprint density at radius 3 is 2.50 bits per heavy atom. The first kappa shape index (κ1) is 15.3. The average Bonchev–Trinajstić information content (AvgIpc) is 2.66. The van der Waals surface area contributed by atoms with E-state index in [1.165, 1.54) is 16.8 Å². The highest BCUT2D eigenvalue weighted by molar-refractivity contribution is 9.10. The van der Waals surface area contributed by atoms with Crippen molar-refractivity contribution in [3.8, 4) is 5.69 Å². The molecule has 2 aromatic rings. The van der Waals surface area contributed by atoms with Gasteiger partial charge in [0.1, 0.15) is 0 Å². The van der Waals surface area contributed by atoms with E-state index in [0.29, 0.717) is 6.04 Å². The van der Waals surface area contributed by atoms with E-state index in [9.17, 15) is 0 Å². The van der Waals surface area contributed by atoms with Crippen molar-refractivity contribution in [3.05, 3.63) is 45.2 Å². The molecule has 0 radical (unpaired) electrons. The van der Waals surface area contributed by atoms with Crippen LogP contribution in [0.2, 0.25) is 0 Å². The van der Waals surface area contributed by atoms with Crippen molar-refractivity contribution in [1.29, 1.82) is 0 Å². The van der Waals surface area contributed by atoms with Crippen molar-refractivity contribution in [1.82, 2.24) is 15.1 Å². The first-order chi connectivity index (χ1) is 9.45. The highest BCUT2D eigenvalue weighted by atomic mass is 79.9. The molecule has 20 heavy (non-hydrogen) atoms. The van der Waals surface area contributed by atoms with Gasteiger partial charge in [0.15, 0.2) is 0 Å². The maximum atomic E-state index is 4.61. The van der Waals surface area contributed by atoms with Crippen molar-refractivity contribution < 1.29 is 0 Å². The van der Waals surface area contributed by atoms with Crippen LogP contribution in [0.4, 0.5) is 0 Å². The minimum Gasteiger partial charge on any atom is -0.310 e. The molecule has 0 bridgehead atoms. The SMILES string of the molecule is CCNC(C)c1ccc(-n2nc(C)c(C)c2C)cc1Br. The number of halogens is 1. The molecule has 0 amide bonds. The molecule has 1 aromatic carbocycles. The fourth-order valence-electron chi connectivity index (χ4n) is 2.39. The molecule has 0 saturated carbocycles. The number of nitrogens with zero attached hydrogens (tertiary/aromatic N) is 2. The topological polar surface area (TPSA) is 29.9 Å². The van der Waals surface area contributed by atoms with Gasteiger partial charge < -0.3 is 5.32 Å². The summed E-state index contributed by atoms with van der Waals surface area (Å²) < 4.78 is 3.13. The summed E-state index contributed by atoms with van der Waals surface area (Å²) in [5.41, 5.74) is 5.91. The lowest BCUT2D eigenvalue weighted by atomic mass is 10.1. The maximum Gasteiger partial charge on any atom is 0.0660 e. The lowest BCUT2D eigenvalue weighted by molar-refractivity contribution is 0.596. The van der Waals surface area contributed by atoms with Crippen LogP contribution in [0.3, 0.4) is 0 Å². The second-order valence-corrected chi connectivity index (χ2v) is 6.05. The van der Waals surface area contributed by atoms with E-state index in [-0.39, 0.29) is 0 Å². The summed E-state index contributed by atoms with van der Waals surface area (Å²) in [6.07, 6.45) is 0. The fraction of sp³-hybridized carbons (Fsp3) is 0.438. The van der Waals surface area contributed by atoms with Gasteiger partial charge in [-0.05, 0) is 57.5 Å². The standard InChI is InChI=1S/C16H22BrN3/c1-6-18-12(4)15-8-7-14(9-16(15)17)20-13(5)10(2)11(3)19-20/h7-9,12,18H,6H2,1-5H3. The molecule has 1 unspecified atom stereocenters. The zero-order valence-electron chi connectivity index (χ0n) is 12.8. The van der Waals surface area contributed by atoms with Gasteiger partial charge >= 0.3 is 0 Å². The van der Waals surface area contributed by atoms with Crippen molar-refractivity contribution in [2.75, 3.05) is 6.54 Å². The van der Waals surface area contributed by atoms with E-state index in [0.717, 1.165) is 22.4 Å². The van der Waals surface area contributed by atoms with Crippen LogP contribution in [-0.2, 0) is 0 Å². The van der Waals surface area contributed by atoms with Crippen LogP contribution >= 0.6 is 15.9 Å². The third kappa shape index (κ3) is 2.81. The van der Waals surface area contributed by atoms with Crippen molar-refractivity contribution in [2.24, 2.45) is 0 Å². The molecule has 0 aliphatic heterocycles. The van der Waals surface area contributed by atoms with Gasteiger partial charge in [0, 0.05) is 16.2 Å². The van der Waals surface area contributed by atoms with Crippen LogP contribution < -0.4 is 5.32 Å². The van der Waals surface area contributed by atoms with Crippen LogP contribution in [0, 0.1) is 20.8 Å². The molecule has 0 spiro atoms. The van der Waals surface area contributed by atoms with Crippen LogP contribution in [-0.4, -0.2) is 16.3 Å². The summed E-state index contributed by atoms with van der Waals surface area (Å²) in [7, 11) is 0. The van der Waals surface area contributed by atoms with Gasteiger partial charge in [-0.2, -0.15) is 5.10 Å². The van der Waals surface area contributed by atoms with Gasteiger partial charge in [-0.25, -0.2) is 4.68 Å². The van der Waals surface area contributed by atoms with Gasteiger partial charge in [-0.15, -0.1) is 0 Å². The molecule has 1 N–H and O–H groups in total. The van der Waals surface area contributed by atoms with E-state index in [2.05, 4.69) is 79.2 Å². The van der Waals surface area contributed by atoms with Crippen molar-refractivity contribution >= 4 is 15.9 Å². The van der Waals surface area contributed by atoms with Crippen molar-refractivity contribution in [2.45, 2.75) is 40.7 Å². The van der Waals surface area contributed by atoms with Gasteiger partial charge in [0.05, 0.1) is 11.4 Å².